The van der Waals surface area contributed by atoms with Gasteiger partial charge in [0.1, 0.15) is 0 Å². The average molecular weight is 413 g/mol. The van der Waals surface area contributed by atoms with Gasteiger partial charge < -0.3 is 10.7 Å². The van der Waals surface area contributed by atoms with Crippen LogP contribution in [0.15, 0.2) is 11.1 Å². The summed E-state index contributed by atoms with van der Waals surface area (Å²) in [4.78, 5) is 23.5. The molecule has 0 aliphatic carbocycles. The van der Waals surface area contributed by atoms with Gasteiger partial charge >= 0.3 is 27.5 Å². The van der Waals surface area contributed by atoms with Crippen LogP contribution in [0.1, 0.15) is 0 Å². The van der Waals surface area contributed by atoms with Crippen LogP contribution in [0.3, 0.4) is 0 Å². The molecule has 0 aliphatic heterocycles. The first-order chi connectivity index (χ1) is 6.27. The minimum absolute atomic E-state index is 0. The molecule has 0 bridgehead atoms. The van der Waals surface area contributed by atoms with Crippen molar-refractivity contribution in [3.8, 4) is 0 Å². The zero-order valence-corrected chi connectivity index (χ0v) is 11.0. The van der Waals surface area contributed by atoms with Crippen LogP contribution in [0.4, 0.5) is 5.95 Å². The molecule has 0 amide bonds. The molecule has 9 heteroatoms. The van der Waals surface area contributed by atoms with Gasteiger partial charge in [-0.2, -0.15) is 4.98 Å². The summed E-state index contributed by atoms with van der Waals surface area (Å²) in [6, 6.07) is 0. The number of rotatable bonds is 0. The van der Waals surface area contributed by atoms with Crippen LogP contribution in [-0.4, -0.2) is 44.7 Å². The molecule has 0 atom stereocenters. The summed E-state index contributed by atoms with van der Waals surface area (Å²) in [5, 5.41) is 0. The molecule has 75 valence electrons. The second kappa shape index (κ2) is 5.77. The number of hydrogen-bond donors (Lipinski definition) is 3. The van der Waals surface area contributed by atoms with Crippen molar-refractivity contribution in [3.63, 3.8) is 0 Å². The van der Waals surface area contributed by atoms with E-state index < -0.39 is 0 Å². The van der Waals surface area contributed by atoms with Gasteiger partial charge in [0, 0.05) is 0 Å². The fourth-order valence-corrected chi connectivity index (χ4v) is 0.860. The van der Waals surface area contributed by atoms with E-state index >= 15 is 0 Å². The summed E-state index contributed by atoms with van der Waals surface area (Å²) in [7, 11) is 0. The Kier molecular flexibility index (Phi) is 5.41. The molecule has 0 fully saturated rings. The van der Waals surface area contributed by atoms with Crippen molar-refractivity contribution in [1.29, 1.82) is 0 Å². The van der Waals surface area contributed by atoms with Crippen LogP contribution in [0.5, 0.6) is 0 Å². The molecule has 14 heavy (non-hydrogen) atoms. The van der Waals surface area contributed by atoms with Crippen molar-refractivity contribution >= 4 is 54.2 Å². The van der Waals surface area contributed by atoms with Crippen LogP contribution >= 0.6 is 12.4 Å². The number of H-pyrrole nitrogens is 2. The number of nitrogens with one attached hydrogen (secondary N) is 2. The number of nitrogen functional groups attached to an aromatic ring is 1. The molecule has 2 aromatic heterocycles. The minimum atomic E-state index is -0.301. The number of hydrogen-bond acceptors (Lipinski definition) is 5. The van der Waals surface area contributed by atoms with Gasteiger partial charge in [-0.25, -0.2) is 4.98 Å². The van der Waals surface area contributed by atoms with E-state index in [2.05, 4.69) is 19.9 Å². The normalized spacial score (nSPS) is 8.57. The van der Waals surface area contributed by atoms with E-state index in [0.29, 0.717) is 11.2 Å². The van der Waals surface area contributed by atoms with Crippen molar-refractivity contribution in [1.82, 2.24) is 19.9 Å². The SMILES string of the molecule is Cl.Nc1nc2nc[nH]c2c(=O)[nH]1.[O]=[Bi]. The first-order valence-corrected chi connectivity index (χ1v) is 4.56. The molecule has 7 nitrogen and oxygen atoms in total. The van der Waals surface area contributed by atoms with Gasteiger partial charge in [0.05, 0.1) is 6.33 Å². The Hall–Kier alpha value is -0.877. The van der Waals surface area contributed by atoms with Crippen LogP contribution < -0.4 is 11.3 Å². The number of anilines is 1. The van der Waals surface area contributed by atoms with Crippen molar-refractivity contribution in [2.24, 2.45) is 0 Å². The third kappa shape index (κ3) is 2.55. The van der Waals surface area contributed by atoms with Crippen molar-refractivity contribution in [2.75, 3.05) is 5.73 Å². The van der Waals surface area contributed by atoms with E-state index in [1.807, 2.05) is 0 Å². The van der Waals surface area contributed by atoms with Crippen LogP contribution in [0, 0.1) is 0 Å². The van der Waals surface area contributed by atoms with Crippen molar-refractivity contribution < 1.29 is 2.81 Å². The maximum atomic E-state index is 11.0. The number of nitrogens with zero attached hydrogens (tertiary/aromatic N) is 2. The first kappa shape index (κ1) is 13.1. The van der Waals surface area contributed by atoms with Crippen LogP contribution in [0.2, 0.25) is 0 Å². The van der Waals surface area contributed by atoms with E-state index in [-0.39, 0.29) is 48.6 Å². The Balaban J connectivity index is 0.000000531. The number of aromatic nitrogens is 4. The topological polar surface area (TPSA) is 118 Å². The van der Waals surface area contributed by atoms with E-state index in [1.54, 1.807) is 0 Å². The summed E-state index contributed by atoms with van der Waals surface area (Å²) in [5.41, 5.74) is 5.65. The summed E-state index contributed by atoms with van der Waals surface area (Å²) in [6.45, 7) is 0. The predicted molar refractivity (Wildman–Crippen MR) is 52.6 cm³/mol. The molecule has 0 spiro atoms. The zero-order chi connectivity index (χ0) is 9.84. The summed E-state index contributed by atoms with van der Waals surface area (Å²) in [6.07, 6.45) is 1.40. The van der Waals surface area contributed by atoms with Crippen LogP contribution in [0.25, 0.3) is 11.2 Å². The molecule has 0 aliphatic rings. The zero-order valence-electron chi connectivity index (χ0n) is 6.72. The summed E-state index contributed by atoms with van der Waals surface area (Å²) >= 11 is 0.194. The van der Waals surface area contributed by atoms with Gasteiger partial charge in [0.25, 0.3) is 5.56 Å². The molecule has 2 aromatic rings. The van der Waals surface area contributed by atoms with E-state index in [9.17, 15) is 4.79 Å². The monoisotopic (exact) mass is 412 g/mol. The molecule has 0 unspecified atom stereocenters. The summed E-state index contributed by atoms with van der Waals surface area (Å²) < 4.78 is 8.36. The standard InChI is InChI=1S/C5H5N5O.Bi.ClH.O/c6-5-9-3-2(4(11)10-5)7-1-8-3;;;/h1H,(H4,6,7,8,9,10,11);;1H;. The number of imidazole rings is 1. The van der Waals surface area contributed by atoms with E-state index in [4.69, 9.17) is 8.55 Å². The molecular weight excluding hydrogens is 407 g/mol. The number of halogens is 1. The Labute approximate surface area is 99.2 Å². The number of nitrogens with two attached hydrogens (primary N) is 1. The van der Waals surface area contributed by atoms with Gasteiger partial charge in [-0.15, -0.1) is 12.4 Å². The van der Waals surface area contributed by atoms with Gasteiger partial charge in [0.2, 0.25) is 5.95 Å². The molecular formula is C5H6BiClN5O2. The predicted octanol–water partition coefficient (Wildman–Crippen LogP) is -0.849. The Morgan fingerprint density at radius 1 is 1.43 bits per heavy atom. The second-order valence-corrected chi connectivity index (χ2v) is 2.05. The fraction of sp³-hybridized carbons (Fsp3) is 0. The molecule has 0 saturated carbocycles. The van der Waals surface area contributed by atoms with Crippen molar-refractivity contribution in [2.45, 2.75) is 0 Å². The third-order valence-electron chi connectivity index (χ3n) is 1.31. The van der Waals surface area contributed by atoms with Gasteiger partial charge in [0.15, 0.2) is 11.2 Å². The molecule has 2 heterocycles. The Morgan fingerprint density at radius 2 is 2.07 bits per heavy atom. The molecule has 0 aromatic carbocycles. The molecule has 0 saturated heterocycles. The second-order valence-electron chi connectivity index (χ2n) is 2.05. The Morgan fingerprint density at radius 3 is 2.71 bits per heavy atom. The summed E-state index contributed by atoms with van der Waals surface area (Å²) in [5.74, 6) is 0.0783. The average Bonchev–Trinajstić information content (AvgIpc) is 2.55. The van der Waals surface area contributed by atoms with Gasteiger partial charge in [-0.1, -0.05) is 0 Å². The fourth-order valence-electron chi connectivity index (χ4n) is 0.860. The molecule has 2 rings (SSSR count). The van der Waals surface area contributed by atoms with E-state index in [0.717, 1.165) is 0 Å². The molecule has 1 radical (unpaired) electrons. The van der Waals surface area contributed by atoms with Crippen LogP contribution in [-0.2, 0) is 2.81 Å². The van der Waals surface area contributed by atoms with Crippen molar-refractivity contribution in [3.05, 3.63) is 16.7 Å². The van der Waals surface area contributed by atoms with E-state index in [1.165, 1.54) is 6.33 Å². The number of aromatic amines is 2. The Bertz CT molecular complexity index is 468. The number of fused-ring (bicyclic) bond motifs is 1. The quantitative estimate of drug-likeness (QED) is 0.487. The third-order valence-corrected chi connectivity index (χ3v) is 1.31. The molecule has 4 N–H and O–H groups in total. The maximum absolute atomic E-state index is 11.0. The van der Waals surface area contributed by atoms with Gasteiger partial charge in [-0.3, -0.25) is 9.78 Å². The first-order valence-electron chi connectivity index (χ1n) is 3.14. The van der Waals surface area contributed by atoms with Gasteiger partial charge in [-0.05, 0) is 0 Å².